The number of nitrogens with zero attached hydrogens (tertiary/aromatic N) is 11. The summed E-state index contributed by atoms with van der Waals surface area (Å²) < 4.78 is 28.5. The third-order valence-corrected chi connectivity index (χ3v) is 12.3. The van der Waals surface area contributed by atoms with E-state index in [2.05, 4.69) is 237 Å². The monoisotopic (exact) mass is 1060 g/mol. The summed E-state index contributed by atoms with van der Waals surface area (Å²) in [6, 6.07) is 14.2. The number of sulfone groups is 1. The zero-order valence-corrected chi connectivity index (χ0v) is 42.8. The van der Waals surface area contributed by atoms with Crippen molar-refractivity contribution >= 4 is 40.1 Å². The lowest BCUT2D eigenvalue weighted by Gasteiger charge is -2.42. The molecular formula is C57H65N13O4S2. The van der Waals surface area contributed by atoms with Crippen molar-refractivity contribution in [3.8, 4) is 154 Å². The number of piperidine rings is 1. The van der Waals surface area contributed by atoms with Gasteiger partial charge in [-0.25, -0.2) is 18.4 Å². The van der Waals surface area contributed by atoms with Gasteiger partial charge in [0.2, 0.25) is 10.4 Å². The fraction of sp³-hybridized carbons (Fsp3) is 0.246. The van der Waals surface area contributed by atoms with Gasteiger partial charge in [-0.3, -0.25) is 4.99 Å². The van der Waals surface area contributed by atoms with Crippen LogP contribution >= 0.6 is 12.9 Å². The molecule has 19 heteroatoms. The van der Waals surface area contributed by atoms with Gasteiger partial charge >= 0.3 is 0 Å². The summed E-state index contributed by atoms with van der Waals surface area (Å²) in [6.07, 6.45) is 7.89. The molecule has 1 fully saturated rings. The molecule has 3 aliphatic heterocycles. The number of hydrogen-bond donors (Lipinski definition) is 3. The Morgan fingerprint density at radius 1 is 0.763 bits per heavy atom. The molecule has 0 unspecified atom stereocenters. The van der Waals surface area contributed by atoms with Crippen LogP contribution in [0.5, 0.6) is 0 Å². The summed E-state index contributed by atoms with van der Waals surface area (Å²) in [7, 11) is -3.31. The quantitative estimate of drug-likeness (QED) is 0.0561. The molecule has 4 N–H and O–H groups in total. The first kappa shape index (κ1) is 56.4. The average Bonchev–Trinajstić information content (AvgIpc) is 2.07. The van der Waals surface area contributed by atoms with E-state index >= 15 is 0 Å². The molecule has 17 nitrogen and oxygen atoms in total. The first-order valence-electron chi connectivity index (χ1n) is 22.5. The van der Waals surface area contributed by atoms with E-state index in [1.165, 1.54) is 17.4 Å². The van der Waals surface area contributed by atoms with E-state index < -0.39 is 9.84 Å². The number of aromatic nitrogens is 2. The first-order valence-corrected chi connectivity index (χ1v) is 24.7. The van der Waals surface area contributed by atoms with Crippen LogP contribution in [0.4, 0.5) is 11.5 Å². The van der Waals surface area contributed by atoms with Crippen molar-refractivity contribution in [2.75, 3.05) is 35.7 Å². The number of amidine groups is 1. The van der Waals surface area contributed by atoms with Crippen LogP contribution in [-0.2, 0) is 33.5 Å². The topological polar surface area (TPSA) is 228 Å². The zero-order chi connectivity index (χ0) is 54.3. The molecule has 4 aliphatic rings. The van der Waals surface area contributed by atoms with Crippen LogP contribution in [0.25, 0.3) is 0 Å². The number of rotatable bonds is 5. The molecule has 394 valence electrons. The number of fused-ring (bicyclic) bond motifs is 3. The van der Waals surface area contributed by atoms with Gasteiger partial charge in [0.05, 0.1) is 28.4 Å². The van der Waals surface area contributed by atoms with Crippen molar-refractivity contribution in [2.45, 2.75) is 63.4 Å². The third-order valence-electron chi connectivity index (χ3n) is 11.0. The number of anilines is 2. The predicted octanol–water partition coefficient (Wildman–Crippen LogP) is 7.79. The van der Waals surface area contributed by atoms with E-state index in [1.807, 2.05) is 18.3 Å². The zero-order valence-electron chi connectivity index (χ0n) is 41.1. The minimum Gasteiger partial charge on any atom is -0.394 e. The Bertz CT molecular complexity index is 3790. The minimum absolute atomic E-state index is 0. The van der Waals surface area contributed by atoms with Gasteiger partial charge in [0.1, 0.15) is 16.7 Å². The second-order valence-electron chi connectivity index (χ2n) is 15.4. The molecule has 1 atom stereocenters. The molecule has 7 rings (SSSR count). The Kier molecular flexibility index (Phi) is 22.6. The maximum atomic E-state index is 12.4. The van der Waals surface area contributed by atoms with E-state index in [0.29, 0.717) is 11.4 Å². The highest BCUT2D eigenvalue weighted by molar-refractivity contribution is 7.90. The highest BCUT2D eigenvalue weighted by Crippen LogP contribution is 2.51. The van der Waals surface area contributed by atoms with Gasteiger partial charge in [-0.05, 0) is 175 Å². The Hall–Kier alpha value is -10.5. The van der Waals surface area contributed by atoms with E-state index in [1.54, 1.807) is 19.9 Å². The lowest BCUT2D eigenvalue weighted by Crippen LogP contribution is -2.44. The maximum absolute atomic E-state index is 12.4. The summed E-state index contributed by atoms with van der Waals surface area (Å²) in [5, 5.41) is 23.5. The van der Waals surface area contributed by atoms with Crippen LogP contribution in [0.1, 0.15) is 84.3 Å². The summed E-state index contributed by atoms with van der Waals surface area (Å²) >= 11 is 3.08. The fourth-order valence-corrected chi connectivity index (χ4v) is 8.88. The van der Waals surface area contributed by atoms with Crippen LogP contribution in [0, 0.1) is 165 Å². The molecule has 3 aromatic rings. The van der Waals surface area contributed by atoms with Crippen molar-refractivity contribution in [3.63, 3.8) is 0 Å². The highest BCUT2D eigenvalue weighted by Gasteiger charge is 2.46. The van der Waals surface area contributed by atoms with Gasteiger partial charge in [0, 0.05) is 107 Å². The van der Waals surface area contributed by atoms with Crippen LogP contribution in [0.15, 0.2) is 84.7 Å². The molecule has 1 saturated heterocycles. The largest absolute Gasteiger partial charge is 0.394 e. The van der Waals surface area contributed by atoms with Crippen molar-refractivity contribution in [1.29, 1.82) is 0 Å². The van der Waals surface area contributed by atoms with Crippen LogP contribution in [-0.4, -0.2) is 55.1 Å². The molecular weight excluding hydrogens is 995 g/mol. The summed E-state index contributed by atoms with van der Waals surface area (Å²) in [4.78, 5) is 19.6. The summed E-state index contributed by atoms with van der Waals surface area (Å²) in [5.41, 5.74) is 13.1. The normalized spacial score (nSPS) is 14.0. The minimum atomic E-state index is -3.31. The highest BCUT2D eigenvalue weighted by atomic mass is 32.2. The molecule has 1 spiro atoms. The second kappa shape index (κ2) is 30.4. The number of hydrogen-bond acceptors (Lipinski definition) is 12. The third kappa shape index (κ3) is 17.1. The van der Waals surface area contributed by atoms with Crippen molar-refractivity contribution < 1.29 is 34.8 Å². The molecule has 2 aromatic carbocycles. The van der Waals surface area contributed by atoms with E-state index in [-0.39, 0.29) is 33.6 Å². The molecule has 4 heterocycles. The van der Waals surface area contributed by atoms with Crippen LogP contribution in [0.2, 0.25) is 0 Å². The standard InChI is InChI=1S/C29H32N6O2S.C28H6.H3N7O2S.12H2/c1-38(36,37)24-10-4-9-23-21(24)8-5-13-35(23)28-26-22(17-32-28)33-25(18-31-26)34-14-11-29(12-15-34)16-19-6-2-3-7-20(19)27(29)30;1-3-5-7-9-11-13-15-17-19-21-23-25-27-28-26-24-22-20-18-16-14-12-10-8-6-4-2;1-2-3-4-5-6-7(8)9-10;;;;;;;;;;;;/h2-4,6-7,9-10,18,27H,5,8,11-17,30H2,1H3;1-2H3;10H,(H2,1,3,5);12*1H/t27-;;;;;;;;;;;;;;/m1............../s1. The van der Waals surface area contributed by atoms with Gasteiger partial charge in [-0.15, -0.1) is 0 Å². The van der Waals surface area contributed by atoms with Crippen LogP contribution < -0.4 is 21.4 Å². The smallest absolute Gasteiger partial charge is 0.230 e. The Morgan fingerprint density at radius 3 is 1.80 bits per heavy atom. The van der Waals surface area contributed by atoms with Crippen molar-refractivity contribution in [1.82, 2.24) is 9.97 Å². The van der Waals surface area contributed by atoms with E-state index in [4.69, 9.17) is 20.7 Å². The van der Waals surface area contributed by atoms with Gasteiger partial charge in [0.15, 0.2) is 15.7 Å². The summed E-state index contributed by atoms with van der Waals surface area (Å²) in [5.74, 6) is 71.8. The number of nitrogens with two attached hydrogens (primary N) is 2. The Balaban J connectivity index is -0.000000193. The fourth-order valence-electron chi connectivity index (χ4n) is 7.87. The van der Waals surface area contributed by atoms with Gasteiger partial charge < -0.3 is 30.9 Å². The van der Waals surface area contributed by atoms with Crippen molar-refractivity contribution in [2.24, 2.45) is 48.1 Å². The van der Waals surface area contributed by atoms with E-state index in [9.17, 15) is 13.6 Å². The van der Waals surface area contributed by atoms with Crippen molar-refractivity contribution in [3.05, 3.63) is 81.9 Å². The van der Waals surface area contributed by atoms with Gasteiger partial charge in [0.25, 0.3) is 0 Å². The van der Waals surface area contributed by atoms with Gasteiger partial charge in [-0.2, -0.15) is 0 Å². The second-order valence-corrected chi connectivity index (χ2v) is 17.6. The number of benzene rings is 2. The molecule has 76 heavy (non-hydrogen) atoms. The maximum Gasteiger partial charge on any atom is 0.230 e. The lowest BCUT2D eigenvalue weighted by molar-refractivity contribution is -0.744. The summed E-state index contributed by atoms with van der Waals surface area (Å²) in [6.45, 7) is 6.48. The first-order chi connectivity index (χ1) is 37.1. The Morgan fingerprint density at radius 2 is 1.30 bits per heavy atom. The predicted molar refractivity (Wildman–Crippen MR) is 316 cm³/mol. The molecule has 0 amide bonds. The molecule has 1 aromatic heterocycles. The average molecular weight is 1060 g/mol. The Labute approximate surface area is 466 Å². The molecule has 0 saturated carbocycles. The van der Waals surface area contributed by atoms with Crippen LogP contribution in [0.3, 0.4) is 0 Å². The molecule has 0 bridgehead atoms. The molecule has 1 aliphatic carbocycles. The van der Waals surface area contributed by atoms with Gasteiger partial charge in [-0.1, -0.05) is 60.3 Å². The number of thiol groups is 1. The number of aliphatic imine (C=N–C) groups is 1. The molecule has 0 radical (unpaired) electrons. The SMILES string of the molecule is CC#CC#CC#CC#CC#CC#CC#CC#CC#CC#CC#CC#CC#CC.CS(=O)(=O)c1cccc2c1CCCN2C1=NCc2nc(N3CCC4(CC3)Cc3ccccc3[C@H]4N)cnc21.NN=NN=NN=[N+]([O-])OS.[HH].[HH].[HH].[HH].[HH].[HH].[HH].[HH].[HH].[HH].[HH].[HH]. The van der Waals surface area contributed by atoms with E-state index in [0.717, 1.165) is 86.0 Å². The lowest BCUT2D eigenvalue weighted by atomic mass is 9.73.